The Morgan fingerprint density at radius 2 is 1.87 bits per heavy atom. The van der Waals surface area contributed by atoms with Crippen LogP contribution in [0.4, 0.5) is 11.8 Å². The van der Waals surface area contributed by atoms with Gasteiger partial charge in [-0.05, 0) is 93.0 Å². The minimum absolute atomic E-state index is 0.0297. The molecule has 1 heterocycles. The maximum absolute atomic E-state index is 13.5. The zero-order valence-electron chi connectivity index (χ0n) is 17.4. The molecule has 1 aromatic carbocycles. The molecule has 0 spiro atoms. The number of fused-ring (bicyclic) bond motifs is 1. The smallest absolute Gasteiger partial charge is 0.259 e. The maximum atomic E-state index is 13.5. The monoisotopic (exact) mass is 406 g/mol. The van der Waals surface area contributed by atoms with Crippen LogP contribution in [0, 0.1) is 5.92 Å². The van der Waals surface area contributed by atoms with Crippen molar-refractivity contribution in [3.8, 4) is 0 Å². The molecule has 0 aliphatic heterocycles. The predicted octanol–water partition coefficient (Wildman–Crippen LogP) is 3.74. The van der Waals surface area contributed by atoms with E-state index in [1.165, 1.54) is 30.4 Å². The minimum atomic E-state index is -0.186. The molecule has 2 aromatic rings. The summed E-state index contributed by atoms with van der Waals surface area (Å²) in [5, 5.41) is 13.1. The summed E-state index contributed by atoms with van der Waals surface area (Å²) in [5.74, 6) is 1.83. The number of aliphatic hydroxyl groups excluding tert-OH is 1. The van der Waals surface area contributed by atoms with Crippen molar-refractivity contribution in [2.75, 3.05) is 16.8 Å². The van der Waals surface area contributed by atoms with Crippen LogP contribution in [0.15, 0.2) is 30.5 Å². The van der Waals surface area contributed by atoms with Crippen LogP contribution < -0.4 is 10.2 Å². The van der Waals surface area contributed by atoms with E-state index >= 15 is 0 Å². The number of hydrogen-bond acceptors (Lipinski definition) is 5. The second-order valence-electron chi connectivity index (χ2n) is 9.08. The second kappa shape index (κ2) is 8.34. The third-order valence-corrected chi connectivity index (χ3v) is 6.68. The van der Waals surface area contributed by atoms with Crippen LogP contribution in [0.3, 0.4) is 0 Å². The Kier molecular flexibility index (Phi) is 5.42. The fourth-order valence-corrected chi connectivity index (χ4v) is 4.67. The third kappa shape index (κ3) is 4.33. The van der Waals surface area contributed by atoms with Gasteiger partial charge in [-0.15, -0.1) is 0 Å². The molecule has 2 saturated carbocycles. The number of nitrogens with zero attached hydrogens (tertiary/aromatic N) is 3. The van der Waals surface area contributed by atoms with Gasteiger partial charge in [-0.1, -0.05) is 6.07 Å². The highest BCUT2D eigenvalue weighted by Gasteiger charge is 2.30. The van der Waals surface area contributed by atoms with Crippen molar-refractivity contribution in [3.63, 3.8) is 0 Å². The summed E-state index contributed by atoms with van der Waals surface area (Å²) in [7, 11) is 0. The van der Waals surface area contributed by atoms with Crippen molar-refractivity contribution < 1.29 is 9.90 Å². The van der Waals surface area contributed by atoms with Gasteiger partial charge >= 0.3 is 0 Å². The molecule has 0 radical (unpaired) electrons. The van der Waals surface area contributed by atoms with E-state index in [-0.39, 0.29) is 18.1 Å². The van der Waals surface area contributed by atoms with Crippen LogP contribution in [0.2, 0.25) is 0 Å². The number of aryl methyl sites for hydroxylation is 2. The normalized spacial score (nSPS) is 23.1. The van der Waals surface area contributed by atoms with Crippen molar-refractivity contribution in [1.82, 2.24) is 9.97 Å². The maximum Gasteiger partial charge on any atom is 0.259 e. The van der Waals surface area contributed by atoms with Gasteiger partial charge in [-0.2, -0.15) is 4.98 Å². The average Bonchev–Trinajstić information content (AvgIpc) is 3.47. The van der Waals surface area contributed by atoms with Gasteiger partial charge in [0.1, 0.15) is 5.82 Å². The van der Waals surface area contributed by atoms with Gasteiger partial charge < -0.3 is 10.4 Å². The van der Waals surface area contributed by atoms with Crippen LogP contribution in [0.25, 0.3) is 0 Å². The highest BCUT2D eigenvalue weighted by atomic mass is 16.3. The quantitative estimate of drug-likeness (QED) is 0.764. The Balaban J connectivity index is 1.36. The largest absolute Gasteiger partial charge is 0.393 e. The third-order valence-electron chi connectivity index (χ3n) is 6.68. The zero-order chi connectivity index (χ0) is 20.5. The van der Waals surface area contributed by atoms with Crippen molar-refractivity contribution in [2.45, 2.75) is 69.9 Å². The molecule has 2 fully saturated rings. The number of aromatic nitrogens is 2. The summed E-state index contributed by atoms with van der Waals surface area (Å²) >= 11 is 0. The average molecular weight is 407 g/mol. The lowest BCUT2D eigenvalue weighted by molar-refractivity contribution is 0.0984. The van der Waals surface area contributed by atoms with E-state index in [1.807, 2.05) is 17.0 Å². The van der Waals surface area contributed by atoms with Crippen molar-refractivity contribution >= 4 is 17.7 Å². The fourth-order valence-electron chi connectivity index (χ4n) is 4.67. The van der Waals surface area contributed by atoms with Crippen LogP contribution >= 0.6 is 0 Å². The van der Waals surface area contributed by atoms with Crippen LogP contribution in [0.5, 0.6) is 0 Å². The summed E-state index contributed by atoms with van der Waals surface area (Å²) in [5.41, 5.74) is 3.45. The highest BCUT2D eigenvalue weighted by Crippen LogP contribution is 2.32. The van der Waals surface area contributed by atoms with Gasteiger partial charge in [-0.25, -0.2) is 4.98 Å². The van der Waals surface area contributed by atoms with Gasteiger partial charge in [0.25, 0.3) is 5.91 Å². The molecule has 6 nitrogen and oxygen atoms in total. The number of carbonyl (C=O) groups excluding carboxylic acids is 1. The Labute approximate surface area is 177 Å². The predicted molar refractivity (Wildman–Crippen MR) is 117 cm³/mol. The lowest BCUT2D eigenvalue weighted by Gasteiger charge is -2.27. The number of aliphatic hydroxyl groups is 1. The number of rotatable bonds is 6. The van der Waals surface area contributed by atoms with E-state index in [4.69, 9.17) is 4.98 Å². The molecule has 0 bridgehead atoms. The molecule has 1 amide bonds. The van der Waals surface area contributed by atoms with E-state index in [2.05, 4.69) is 22.4 Å². The first-order valence-electron chi connectivity index (χ1n) is 11.4. The molecule has 6 heteroatoms. The number of anilines is 2. The molecule has 0 unspecified atom stereocenters. The molecule has 0 atom stereocenters. The van der Waals surface area contributed by atoms with Gasteiger partial charge in [0.15, 0.2) is 0 Å². The van der Waals surface area contributed by atoms with Crippen LogP contribution in [0.1, 0.15) is 66.4 Å². The first-order valence-corrected chi connectivity index (χ1v) is 11.4. The number of nitrogens with one attached hydrogen (secondary N) is 1. The molecular weight excluding hydrogens is 376 g/mol. The minimum Gasteiger partial charge on any atom is -0.393 e. The van der Waals surface area contributed by atoms with E-state index in [9.17, 15) is 9.90 Å². The number of amides is 1. The fraction of sp³-hybridized carbons (Fsp3) is 0.542. The molecule has 0 saturated heterocycles. The van der Waals surface area contributed by atoms with Gasteiger partial charge in [-0.3, -0.25) is 9.69 Å². The Hall–Kier alpha value is -2.47. The molecule has 158 valence electrons. The summed E-state index contributed by atoms with van der Waals surface area (Å²) in [6, 6.07) is 8.28. The Morgan fingerprint density at radius 1 is 1.07 bits per heavy atom. The van der Waals surface area contributed by atoms with E-state index in [0.29, 0.717) is 24.2 Å². The molecule has 2 N–H and O–H groups in total. The van der Waals surface area contributed by atoms with E-state index in [0.717, 1.165) is 44.1 Å². The molecule has 30 heavy (non-hydrogen) atoms. The van der Waals surface area contributed by atoms with Gasteiger partial charge in [0, 0.05) is 24.3 Å². The van der Waals surface area contributed by atoms with Crippen molar-refractivity contribution in [2.24, 2.45) is 5.92 Å². The standard InChI is InChI=1S/C24H30N4O2/c29-21-10-8-20(9-11-21)26-24-25-13-12-22(27-24)28(15-16-4-5-16)23(30)19-7-6-17-2-1-3-18(17)14-19/h6-7,12-14,16,20-21,29H,1-5,8-11,15H2,(H,25,26,27). The van der Waals surface area contributed by atoms with Gasteiger partial charge in [0.2, 0.25) is 5.95 Å². The topological polar surface area (TPSA) is 78.4 Å². The Bertz CT molecular complexity index is 919. The molecule has 3 aliphatic rings. The molecule has 1 aromatic heterocycles. The second-order valence-corrected chi connectivity index (χ2v) is 9.08. The first kappa shape index (κ1) is 19.5. The summed E-state index contributed by atoms with van der Waals surface area (Å²) in [6.45, 7) is 0.710. The van der Waals surface area contributed by atoms with E-state index in [1.54, 1.807) is 6.20 Å². The molecular formula is C24H30N4O2. The summed E-state index contributed by atoms with van der Waals surface area (Å²) in [6.07, 6.45) is 10.7. The number of benzene rings is 1. The molecule has 5 rings (SSSR count). The zero-order valence-corrected chi connectivity index (χ0v) is 17.4. The summed E-state index contributed by atoms with van der Waals surface area (Å²) in [4.78, 5) is 24.4. The van der Waals surface area contributed by atoms with Crippen LogP contribution in [-0.2, 0) is 12.8 Å². The number of hydrogen-bond donors (Lipinski definition) is 2. The first-order chi connectivity index (χ1) is 14.7. The van der Waals surface area contributed by atoms with Crippen molar-refractivity contribution in [3.05, 3.63) is 47.2 Å². The van der Waals surface area contributed by atoms with Crippen LogP contribution in [-0.4, -0.2) is 39.7 Å². The van der Waals surface area contributed by atoms with Crippen molar-refractivity contribution in [1.29, 1.82) is 0 Å². The highest BCUT2D eigenvalue weighted by molar-refractivity contribution is 6.05. The lowest BCUT2D eigenvalue weighted by Crippen LogP contribution is -2.34. The summed E-state index contributed by atoms with van der Waals surface area (Å²) < 4.78 is 0. The van der Waals surface area contributed by atoms with E-state index < -0.39 is 0 Å². The van der Waals surface area contributed by atoms with Gasteiger partial charge in [0.05, 0.1) is 6.10 Å². The Morgan fingerprint density at radius 3 is 2.67 bits per heavy atom. The molecule has 3 aliphatic carbocycles. The SMILES string of the molecule is O=C(c1ccc2c(c1)CCC2)N(CC1CC1)c1ccnc(NC2CCC(O)CC2)n1. The number of carbonyl (C=O) groups is 1. The lowest BCUT2D eigenvalue weighted by atomic mass is 9.93.